The van der Waals surface area contributed by atoms with Crippen LogP contribution in [0.25, 0.3) is 0 Å². The third-order valence-electron chi connectivity index (χ3n) is 4.04. The maximum atomic E-state index is 4.47. The maximum Gasteiger partial charge on any atom is 0.0420 e. The van der Waals surface area contributed by atoms with Crippen molar-refractivity contribution in [2.24, 2.45) is 0 Å². The van der Waals surface area contributed by atoms with Crippen LogP contribution in [0.2, 0.25) is 0 Å². The molecule has 4 heteroatoms. The van der Waals surface area contributed by atoms with Crippen LogP contribution in [0, 0.1) is 0 Å². The largest absolute Gasteiger partial charge is 0.315 e. The summed E-state index contributed by atoms with van der Waals surface area (Å²) in [5.74, 6) is 0. The standard InChI is InChI=1S/C14H24BrN3/c1-6-14(2,18(4)5)13(16-3)9-12-8-7-11(15)10-17-12/h7-8,10,13,16H,6,9H2,1-5H3. The minimum atomic E-state index is 0.128. The second-order valence-electron chi connectivity index (χ2n) is 5.12. The summed E-state index contributed by atoms with van der Waals surface area (Å²) in [5, 5.41) is 3.44. The lowest BCUT2D eigenvalue weighted by molar-refractivity contribution is 0.116. The summed E-state index contributed by atoms with van der Waals surface area (Å²) in [6.07, 6.45) is 3.90. The second-order valence-corrected chi connectivity index (χ2v) is 6.03. The van der Waals surface area contributed by atoms with Gasteiger partial charge in [0.25, 0.3) is 0 Å². The zero-order chi connectivity index (χ0) is 13.8. The molecule has 1 aromatic heterocycles. The van der Waals surface area contributed by atoms with Gasteiger partial charge < -0.3 is 10.2 Å². The zero-order valence-corrected chi connectivity index (χ0v) is 13.6. The van der Waals surface area contributed by atoms with Gasteiger partial charge in [-0.3, -0.25) is 4.98 Å². The summed E-state index contributed by atoms with van der Waals surface area (Å²) in [4.78, 5) is 6.77. The van der Waals surface area contributed by atoms with Crippen molar-refractivity contribution in [1.82, 2.24) is 15.2 Å². The number of likely N-dealkylation sites (N-methyl/N-ethyl adjacent to an activating group) is 2. The van der Waals surface area contributed by atoms with Gasteiger partial charge in [-0.05, 0) is 62.6 Å². The minimum Gasteiger partial charge on any atom is -0.315 e. The molecule has 0 aliphatic carbocycles. The molecular formula is C14H24BrN3. The van der Waals surface area contributed by atoms with E-state index in [1.165, 1.54) is 0 Å². The SMILES string of the molecule is CCC(C)(C(Cc1ccc(Br)cn1)NC)N(C)C. The number of hydrogen-bond acceptors (Lipinski definition) is 3. The number of rotatable bonds is 6. The van der Waals surface area contributed by atoms with Crippen LogP contribution in [0.15, 0.2) is 22.8 Å². The molecule has 0 aliphatic rings. The molecule has 2 unspecified atom stereocenters. The van der Waals surface area contributed by atoms with Gasteiger partial charge in [0.2, 0.25) is 0 Å². The predicted octanol–water partition coefficient (Wildman–Crippen LogP) is 2.70. The summed E-state index contributed by atoms with van der Waals surface area (Å²) in [6.45, 7) is 4.53. The fourth-order valence-electron chi connectivity index (χ4n) is 2.24. The Morgan fingerprint density at radius 3 is 2.50 bits per heavy atom. The van der Waals surface area contributed by atoms with Crippen molar-refractivity contribution in [3.63, 3.8) is 0 Å². The Hall–Kier alpha value is -0.450. The first-order valence-electron chi connectivity index (χ1n) is 6.39. The summed E-state index contributed by atoms with van der Waals surface area (Å²) in [7, 11) is 6.31. The Bertz CT molecular complexity index is 364. The number of pyridine rings is 1. The molecule has 18 heavy (non-hydrogen) atoms. The monoisotopic (exact) mass is 313 g/mol. The van der Waals surface area contributed by atoms with E-state index in [-0.39, 0.29) is 5.54 Å². The molecule has 1 rings (SSSR count). The van der Waals surface area contributed by atoms with Gasteiger partial charge in [0.05, 0.1) is 0 Å². The van der Waals surface area contributed by atoms with E-state index in [0.29, 0.717) is 6.04 Å². The molecule has 0 spiro atoms. The molecule has 102 valence electrons. The van der Waals surface area contributed by atoms with Gasteiger partial charge in [-0.25, -0.2) is 0 Å². The first kappa shape index (κ1) is 15.6. The van der Waals surface area contributed by atoms with Crippen molar-refractivity contribution in [3.05, 3.63) is 28.5 Å². The molecule has 0 bridgehead atoms. The molecule has 0 saturated carbocycles. The average molecular weight is 314 g/mol. The molecule has 1 aromatic rings. The lowest BCUT2D eigenvalue weighted by atomic mass is 9.85. The van der Waals surface area contributed by atoms with Gasteiger partial charge in [-0.2, -0.15) is 0 Å². The summed E-state index contributed by atoms with van der Waals surface area (Å²) in [6, 6.07) is 4.51. The Morgan fingerprint density at radius 1 is 1.44 bits per heavy atom. The molecule has 1 heterocycles. The van der Waals surface area contributed by atoms with Crippen molar-refractivity contribution in [2.75, 3.05) is 21.1 Å². The first-order valence-corrected chi connectivity index (χ1v) is 7.18. The fourth-order valence-corrected chi connectivity index (χ4v) is 2.48. The molecule has 0 amide bonds. The van der Waals surface area contributed by atoms with Gasteiger partial charge >= 0.3 is 0 Å². The molecule has 1 N–H and O–H groups in total. The number of halogens is 1. The van der Waals surface area contributed by atoms with E-state index in [1.807, 2.05) is 19.3 Å². The normalized spacial score (nSPS) is 16.6. The Morgan fingerprint density at radius 2 is 2.11 bits per heavy atom. The zero-order valence-electron chi connectivity index (χ0n) is 12.0. The van der Waals surface area contributed by atoms with E-state index >= 15 is 0 Å². The molecule has 2 atom stereocenters. The summed E-state index contributed by atoms with van der Waals surface area (Å²) in [5.41, 5.74) is 1.25. The minimum absolute atomic E-state index is 0.128. The average Bonchev–Trinajstić information content (AvgIpc) is 2.37. The van der Waals surface area contributed by atoms with E-state index in [0.717, 1.165) is 23.0 Å². The van der Waals surface area contributed by atoms with Crippen molar-refractivity contribution in [2.45, 2.75) is 38.3 Å². The third kappa shape index (κ3) is 3.53. The van der Waals surface area contributed by atoms with Crippen LogP contribution in [-0.4, -0.2) is 42.6 Å². The molecular weight excluding hydrogens is 290 g/mol. The molecule has 0 saturated heterocycles. The van der Waals surface area contributed by atoms with Gasteiger partial charge in [0.1, 0.15) is 0 Å². The number of hydrogen-bond donors (Lipinski definition) is 1. The first-order chi connectivity index (χ1) is 8.43. The van der Waals surface area contributed by atoms with Crippen LogP contribution >= 0.6 is 15.9 Å². The van der Waals surface area contributed by atoms with E-state index in [2.05, 4.69) is 65.1 Å². The van der Waals surface area contributed by atoms with Crippen LogP contribution in [0.5, 0.6) is 0 Å². The highest BCUT2D eigenvalue weighted by molar-refractivity contribution is 9.10. The highest BCUT2D eigenvalue weighted by Gasteiger charge is 2.33. The van der Waals surface area contributed by atoms with Gasteiger partial charge in [-0.1, -0.05) is 6.92 Å². The van der Waals surface area contributed by atoms with Gasteiger partial charge in [-0.15, -0.1) is 0 Å². The molecule has 0 fully saturated rings. The topological polar surface area (TPSA) is 28.2 Å². The Kier molecular flexibility index (Phi) is 5.76. The second kappa shape index (κ2) is 6.64. The summed E-state index contributed by atoms with van der Waals surface area (Å²) >= 11 is 3.42. The van der Waals surface area contributed by atoms with E-state index in [1.54, 1.807) is 0 Å². The quantitative estimate of drug-likeness (QED) is 0.875. The van der Waals surface area contributed by atoms with Crippen LogP contribution in [0.3, 0.4) is 0 Å². The lowest BCUT2D eigenvalue weighted by Crippen LogP contribution is -2.57. The van der Waals surface area contributed by atoms with E-state index < -0.39 is 0 Å². The van der Waals surface area contributed by atoms with E-state index in [4.69, 9.17) is 0 Å². The molecule has 0 aliphatic heterocycles. The molecule has 0 radical (unpaired) electrons. The molecule has 3 nitrogen and oxygen atoms in total. The third-order valence-corrected chi connectivity index (χ3v) is 4.51. The van der Waals surface area contributed by atoms with Crippen molar-refractivity contribution in [1.29, 1.82) is 0 Å². The van der Waals surface area contributed by atoms with Crippen LogP contribution in [-0.2, 0) is 6.42 Å². The smallest absolute Gasteiger partial charge is 0.0420 e. The Labute approximate surface area is 119 Å². The fraction of sp³-hybridized carbons (Fsp3) is 0.643. The summed E-state index contributed by atoms with van der Waals surface area (Å²) < 4.78 is 1.03. The number of nitrogens with one attached hydrogen (secondary N) is 1. The maximum absolute atomic E-state index is 4.47. The van der Waals surface area contributed by atoms with Crippen LogP contribution in [0.4, 0.5) is 0 Å². The van der Waals surface area contributed by atoms with Crippen molar-refractivity contribution in [3.8, 4) is 0 Å². The van der Waals surface area contributed by atoms with Crippen LogP contribution < -0.4 is 5.32 Å². The lowest BCUT2D eigenvalue weighted by Gasteiger charge is -2.42. The van der Waals surface area contributed by atoms with Crippen molar-refractivity contribution < 1.29 is 0 Å². The number of nitrogens with zero attached hydrogens (tertiary/aromatic N) is 2. The van der Waals surface area contributed by atoms with Crippen LogP contribution in [0.1, 0.15) is 26.0 Å². The van der Waals surface area contributed by atoms with Gasteiger partial charge in [0, 0.05) is 34.4 Å². The van der Waals surface area contributed by atoms with Gasteiger partial charge in [0.15, 0.2) is 0 Å². The predicted molar refractivity (Wildman–Crippen MR) is 80.9 cm³/mol. The highest BCUT2D eigenvalue weighted by Crippen LogP contribution is 2.23. The van der Waals surface area contributed by atoms with E-state index in [9.17, 15) is 0 Å². The van der Waals surface area contributed by atoms with Crippen molar-refractivity contribution >= 4 is 15.9 Å². The Balaban J connectivity index is 2.87. The molecule has 0 aromatic carbocycles. The number of aromatic nitrogens is 1. The highest BCUT2D eigenvalue weighted by atomic mass is 79.9.